The second kappa shape index (κ2) is 6.49. The molecule has 2 aromatic rings. The molecule has 1 aromatic heterocycles. The van der Waals surface area contributed by atoms with Gasteiger partial charge in [-0.25, -0.2) is 0 Å². The zero-order chi connectivity index (χ0) is 14.5. The monoisotopic (exact) mass is 306 g/mol. The van der Waals surface area contributed by atoms with Crippen molar-refractivity contribution in [3.8, 4) is 5.75 Å². The molecule has 0 fully saturated rings. The number of amides is 1. The normalized spacial score (nSPS) is 10.1. The van der Waals surface area contributed by atoms with Crippen LogP contribution in [-0.4, -0.2) is 18.0 Å². The maximum atomic E-state index is 12.0. The first-order valence-electron chi connectivity index (χ1n) is 5.89. The molecule has 4 nitrogen and oxygen atoms in total. The van der Waals surface area contributed by atoms with Gasteiger partial charge in [0, 0.05) is 23.6 Å². The third-order valence-corrected chi connectivity index (χ3v) is 3.84. The van der Waals surface area contributed by atoms with E-state index in [1.165, 1.54) is 11.3 Å². The second-order valence-electron chi connectivity index (χ2n) is 4.10. The Morgan fingerprint density at radius 1 is 1.45 bits per heavy atom. The van der Waals surface area contributed by atoms with Gasteiger partial charge in [0.15, 0.2) is 0 Å². The fraction of sp³-hybridized carbons (Fsp3) is 0.143. The molecule has 0 aliphatic carbocycles. The molecule has 1 amide bonds. The van der Waals surface area contributed by atoms with Gasteiger partial charge in [0.25, 0.3) is 5.91 Å². The van der Waals surface area contributed by atoms with E-state index in [0.29, 0.717) is 22.2 Å². The van der Waals surface area contributed by atoms with E-state index in [1.807, 2.05) is 24.3 Å². The van der Waals surface area contributed by atoms with Gasteiger partial charge in [-0.05, 0) is 11.6 Å². The number of methoxy groups -OCH3 is 1. The van der Waals surface area contributed by atoms with E-state index in [2.05, 4.69) is 5.32 Å². The largest absolute Gasteiger partial charge is 0.496 e. The van der Waals surface area contributed by atoms with Gasteiger partial charge in [0.05, 0.1) is 12.0 Å². The summed E-state index contributed by atoms with van der Waals surface area (Å²) in [5.41, 5.74) is 7.33. The summed E-state index contributed by atoms with van der Waals surface area (Å²) in [5, 5.41) is 4.64. The van der Waals surface area contributed by atoms with Crippen LogP contribution in [0.1, 0.15) is 20.8 Å². The van der Waals surface area contributed by atoms with Crippen molar-refractivity contribution in [3.05, 3.63) is 51.7 Å². The standard InChI is InChI=1S/C14H14N2O2S2/c1-18-11-6-12(20-8-11)14(17)16-7-9-3-2-4-10(5-9)13(15)19/h2-6,8H,7H2,1H3,(H2,15,19)(H,16,17). The Morgan fingerprint density at radius 2 is 2.25 bits per heavy atom. The molecule has 0 saturated carbocycles. The summed E-state index contributed by atoms with van der Waals surface area (Å²) in [6, 6.07) is 9.21. The average Bonchev–Trinajstić information content (AvgIpc) is 2.94. The average molecular weight is 306 g/mol. The molecule has 0 aliphatic rings. The third kappa shape index (κ3) is 3.55. The lowest BCUT2D eigenvalue weighted by Gasteiger charge is -2.05. The van der Waals surface area contributed by atoms with E-state index >= 15 is 0 Å². The molecule has 2 rings (SSSR count). The molecule has 0 radical (unpaired) electrons. The highest BCUT2D eigenvalue weighted by Gasteiger charge is 2.09. The first-order chi connectivity index (χ1) is 9.60. The SMILES string of the molecule is COc1csc(C(=O)NCc2cccc(C(N)=S)c2)c1. The van der Waals surface area contributed by atoms with Crippen molar-refractivity contribution in [1.29, 1.82) is 0 Å². The summed E-state index contributed by atoms with van der Waals surface area (Å²) in [7, 11) is 1.57. The molecule has 0 saturated heterocycles. The minimum Gasteiger partial charge on any atom is -0.496 e. The molecule has 20 heavy (non-hydrogen) atoms. The van der Waals surface area contributed by atoms with Crippen LogP contribution >= 0.6 is 23.6 Å². The molecule has 6 heteroatoms. The fourth-order valence-electron chi connectivity index (χ4n) is 1.65. The Hall–Kier alpha value is -1.92. The number of nitrogens with two attached hydrogens (primary N) is 1. The van der Waals surface area contributed by atoms with Gasteiger partial charge in [-0.15, -0.1) is 11.3 Å². The lowest BCUT2D eigenvalue weighted by Crippen LogP contribution is -2.22. The van der Waals surface area contributed by atoms with Crippen LogP contribution in [0, 0.1) is 0 Å². The topological polar surface area (TPSA) is 64.3 Å². The molecular weight excluding hydrogens is 292 g/mol. The van der Waals surface area contributed by atoms with Crippen LogP contribution in [-0.2, 0) is 6.54 Å². The van der Waals surface area contributed by atoms with Gasteiger partial charge >= 0.3 is 0 Å². The summed E-state index contributed by atoms with van der Waals surface area (Å²) in [4.78, 5) is 12.9. The summed E-state index contributed by atoms with van der Waals surface area (Å²) >= 11 is 6.28. The van der Waals surface area contributed by atoms with Crippen molar-refractivity contribution in [1.82, 2.24) is 5.32 Å². The first-order valence-corrected chi connectivity index (χ1v) is 7.18. The minimum absolute atomic E-state index is 0.126. The van der Waals surface area contributed by atoms with E-state index in [1.54, 1.807) is 18.6 Å². The number of carbonyl (C=O) groups is 1. The summed E-state index contributed by atoms with van der Waals surface area (Å²) in [6.07, 6.45) is 0. The highest BCUT2D eigenvalue weighted by Crippen LogP contribution is 2.20. The zero-order valence-electron chi connectivity index (χ0n) is 10.9. The molecule has 1 aromatic carbocycles. The highest BCUT2D eigenvalue weighted by molar-refractivity contribution is 7.80. The predicted octanol–water partition coefficient (Wildman–Crippen LogP) is 2.32. The molecule has 0 aliphatic heterocycles. The van der Waals surface area contributed by atoms with Gasteiger partial charge in [-0.3, -0.25) is 4.79 Å². The van der Waals surface area contributed by atoms with Crippen molar-refractivity contribution < 1.29 is 9.53 Å². The Balaban J connectivity index is 1.99. The van der Waals surface area contributed by atoms with Gasteiger partial charge < -0.3 is 15.8 Å². The number of thiocarbonyl (C=S) groups is 1. The number of benzene rings is 1. The van der Waals surface area contributed by atoms with Crippen molar-refractivity contribution in [2.45, 2.75) is 6.54 Å². The maximum absolute atomic E-state index is 12.0. The van der Waals surface area contributed by atoms with Gasteiger partial charge in [-0.2, -0.15) is 0 Å². The van der Waals surface area contributed by atoms with Crippen molar-refractivity contribution in [3.63, 3.8) is 0 Å². The summed E-state index contributed by atoms with van der Waals surface area (Å²) < 4.78 is 5.05. The van der Waals surface area contributed by atoms with Crippen LogP contribution in [0.4, 0.5) is 0 Å². The molecule has 0 bridgehead atoms. The Labute approximate surface area is 126 Å². The number of ether oxygens (including phenoxy) is 1. The molecule has 0 spiro atoms. The lowest BCUT2D eigenvalue weighted by molar-refractivity contribution is 0.0954. The number of nitrogens with one attached hydrogen (secondary N) is 1. The van der Waals surface area contributed by atoms with Crippen LogP contribution in [0.5, 0.6) is 5.75 Å². The van der Waals surface area contributed by atoms with Gasteiger partial charge in [0.2, 0.25) is 0 Å². The zero-order valence-corrected chi connectivity index (χ0v) is 12.5. The Morgan fingerprint density at radius 3 is 2.90 bits per heavy atom. The van der Waals surface area contributed by atoms with Crippen molar-refractivity contribution in [2.75, 3.05) is 7.11 Å². The highest BCUT2D eigenvalue weighted by atomic mass is 32.1. The molecule has 104 valence electrons. The van der Waals surface area contributed by atoms with Gasteiger partial charge in [-0.1, -0.05) is 30.4 Å². The molecular formula is C14H14N2O2S2. The van der Waals surface area contributed by atoms with Crippen LogP contribution in [0.2, 0.25) is 0 Å². The number of carbonyl (C=O) groups excluding carboxylic acids is 1. The van der Waals surface area contributed by atoms with E-state index in [-0.39, 0.29) is 5.91 Å². The maximum Gasteiger partial charge on any atom is 0.261 e. The van der Waals surface area contributed by atoms with Crippen LogP contribution < -0.4 is 15.8 Å². The van der Waals surface area contributed by atoms with E-state index in [0.717, 1.165) is 11.1 Å². The number of rotatable bonds is 5. The quantitative estimate of drug-likeness (QED) is 0.832. The minimum atomic E-state index is -0.126. The number of hydrogen-bond donors (Lipinski definition) is 2. The summed E-state index contributed by atoms with van der Waals surface area (Å²) in [5.74, 6) is 0.564. The Kier molecular flexibility index (Phi) is 4.70. The number of hydrogen-bond acceptors (Lipinski definition) is 4. The van der Waals surface area contributed by atoms with E-state index < -0.39 is 0 Å². The van der Waals surface area contributed by atoms with Crippen LogP contribution in [0.3, 0.4) is 0 Å². The fourth-order valence-corrected chi connectivity index (χ4v) is 2.55. The Bertz CT molecular complexity index is 638. The molecule has 0 atom stereocenters. The second-order valence-corrected chi connectivity index (χ2v) is 5.45. The first kappa shape index (κ1) is 14.5. The predicted molar refractivity (Wildman–Crippen MR) is 84.4 cm³/mol. The number of thiophene rings is 1. The van der Waals surface area contributed by atoms with Gasteiger partial charge in [0.1, 0.15) is 10.7 Å². The van der Waals surface area contributed by atoms with Crippen LogP contribution in [0.15, 0.2) is 35.7 Å². The van der Waals surface area contributed by atoms with E-state index in [9.17, 15) is 4.79 Å². The molecule has 0 unspecified atom stereocenters. The van der Waals surface area contributed by atoms with Crippen molar-refractivity contribution in [2.24, 2.45) is 5.73 Å². The van der Waals surface area contributed by atoms with E-state index in [4.69, 9.17) is 22.7 Å². The third-order valence-electron chi connectivity index (χ3n) is 2.70. The smallest absolute Gasteiger partial charge is 0.261 e. The van der Waals surface area contributed by atoms with Crippen LogP contribution in [0.25, 0.3) is 0 Å². The molecule has 3 N–H and O–H groups in total. The lowest BCUT2D eigenvalue weighted by atomic mass is 10.1. The van der Waals surface area contributed by atoms with Crippen molar-refractivity contribution >= 4 is 34.5 Å². The summed E-state index contributed by atoms with van der Waals surface area (Å²) in [6.45, 7) is 0.426. The molecule has 1 heterocycles.